The Balaban J connectivity index is 1.99. The van der Waals surface area contributed by atoms with Gasteiger partial charge in [0.1, 0.15) is 0 Å². The average molecular weight is 274 g/mol. The molecule has 1 aliphatic heterocycles. The molecular weight excluding hydrogens is 248 g/mol. The van der Waals surface area contributed by atoms with Crippen LogP contribution in [0.3, 0.4) is 0 Å². The number of hydrogen-bond acceptors (Lipinski definition) is 2. The fraction of sp³-hybridized carbons (Fsp3) is 0.588. The lowest BCUT2D eigenvalue weighted by atomic mass is 9.93. The molecule has 1 fully saturated rings. The van der Waals surface area contributed by atoms with Gasteiger partial charge in [-0.2, -0.15) is 0 Å². The summed E-state index contributed by atoms with van der Waals surface area (Å²) in [6.07, 6.45) is 0.601. The molecule has 1 saturated heterocycles. The summed E-state index contributed by atoms with van der Waals surface area (Å²) in [5, 5.41) is 3.46. The molecule has 0 aliphatic carbocycles. The molecule has 3 heteroatoms. The quantitative estimate of drug-likeness (QED) is 0.919. The number of amides is 1. The Morgan fingerprint density at radius 2 is 1.90 bits per heavy atom. The molecule has 0 bridgehead atoms. The van der Waals surface area contributed by atoms with Gasteiger partial charge >= 0.3 is 0 Å². The number of hydrogen-bond donors (Lipinski definition) is 1. The Labute approximate surface area is 122 Å². The fourth-order valence-electron chi connectivity index (χ4n) is 3.17. The number of piperazine rings is 1. The topological polar surface area (TPSA) is 32.3 Å². The predicted molar refractivity (Wildman–Crippen MR) is 82.9 cm³/mol. The molecule has 110 valence electrons. The van der Waals surface area contributed by atoms with Crippen LogP contribution in [0.15, 0.2) is 24.3 Å². The lowest BCUT2D eigenvalue weighted by molar-refractivity contribution is -0.133. The van der Waals surface area contributed by atoms with Crippen LogP contribution in [0.25, 0.3) is 0 Å². The average Bonchev–Trinajstić information content (AvgIpc) is 2.37. The molecule has 0 radical (unpaired) electrons. The number of carbonyl (C=O) groups excluding carboxylic acids is 1. The van der Waals surface area contributed by atoms with Crippen LogP contribution in [-0.2, 0) is 4.79 Å². The van der Waals surface area contributed by atoms with Crippen molar-refractivity contribution in [1.82, 2.24) is 10.2 Å². The van der Waals surface area contributed by atoms with Gasteiger partial charge in [-0.3, -0.25) is 4.79 Å². The van der Waals surface area contributed by atoms with E-state index in [1.54, 1.807) is 0 Å². The number of benzene rings is 1. The van der Waals surface area contributed by atoms with Crippen molar-refractivity contribution in [3.63, 3.8) is 0 Å². The van der Waals surface area contributed by atoms with Crippen molar-refractivity contribution < 1.29 is 4.79 Å². The summed E-state index contributed by atoms with van der Waals surface area (Å²) in [6, 6.07) is 9.13. The minimum atomic E-state index is 0.279. The first-order valence-corrected chi connectivity index (χ1v) is 7.56. The number of nitrogens with one attached hydrogen (secondary N) is 1. The fourth-order valence-corrected chi connectivity index (χ4v) is 3.17. The lowest BCUT2D eigenvalue weighted by Crippen LogP contribution is -2.55. The van der Waals surface area contributed by atoms with Crippen LogP contribution in [0.2, 0.25) is 0 Å². The first kappa shape index (κ1) is 15.0. The predicted octanol–water partition coefficient (Wildman–Crippen LogP) is 2.70. The Morgan fingerprint density at radius 1 is 1.30 bits per heavy atom. The molecule has 1 amide bonds. The molecule has 1 aliphatic rings. The van der Waals surface area contributed by atoms with E-state index in [9.17, 15) is 4.79 Å². The third-order valence-electron chi connectivity index (χ3n) is 4.11. The number of nitrogens with zero attached hydrogens (tertiary/aromatic N) is 1. The van der Waals surface area contributed by atoms with E-state index in [1.165, 1.54) is 11.1 Å². The SMILES string of the molecule is Cc1ccccc1[C@H](C)CC(=O)N1C[C@H](C)N[C@@H](C)C1. The third kappa shape index (κ3) is 3.60. The summed E-state index contributed by atoms with van der Waals surface area (Å²) in [7, 11) is 0. The Hall–Kier alpha value is -1.35. The molecule has 1 N–H and O–H groups in total. The molecule has 0 saturated carbocycles. The number of carbonyl (C=O) groups is 1. The summed E-state index contributed by atoms with van der Waals surface area (Å²) in [5.74, 6) is 0.560. The summed E-state index contributed by atoms with van der Waals surface area (Å²) in [5.41, 5.74) is 2.56. The van der Waals surface area contributed by atoms with Crippen molar-refractivity contribution in [3.05, 3.63) is 35.4 Å². The molecule has 0 spiro atoms. The van der Waals surface area contributed by atoms with Crippen LogP contribution in [0.5, 0.6) is 0 Å². The van der Waals surface area contributed by atoms with Crippen molar-refractivity contribution in [2.45, 2.75) is 52.1 Å². The Bertz CT molecular complexity index is 462. The zero-order valence-corrected chi connectivity index (χ0v) is 13.0. The molecule has 1 aromatic carbocycles. The van der Waals surface area contributed by atoms with E-state index in [0.29, 0.717) is 18.5 Å². The van der Waals surface area contributed by atoms with Gasteiger partial charge in [-0.25, -0.2) is 0 Å². The normalized spacial score (nSPS) is 24.5. The molecule has 20 heavy (non-hydrogen) atoms. The first-order valence-electron chi connectivity index (χ1n) is 7.56. The standard InChI is InChI=1S/C17H26N2O/c1-12-7-5-6-8-16(12)13(2)9-17(20)19-10-14(3)18-15(4)11-19/h5-8,13-15,18H,9-11H2,1-4H3/t13-,14+,15+/m1/s1. The molecule has 1 heterocycles. The zero-order valence-electron chi connectivity index (χ0n) is 13.0. The van der Waals surface area contributed by atoms with Gasteiger partial charge in [-0.1, -0.05) is 31.2 Å². The maximum absolute atomic E-state index is 12.5. The second-order valence-corrected chi connectivity index (χ2v) is 6.23. The third-order valence-corrected chi connectivity index (χ3v) is 4.11. The van der Waals surface area contributed by atoms with Crippen LogP contribution in [0, 0.1) is 6.92 Å². The minimum absolute atomic E-state index is 0.279. The van der Waals surface area contributed by atoms with Crippen LogP contribution < -0.4 is 5.32 Å². The van der Waals surface area contributed by atoms with Crippen LogP contribution in [0.1, 0.15) is 44.2 Å². The lowest BCUT2D eigenvalue weighted by Gasteiger charge is -2.36. The Kier molecular flexibility index (Phi) is 4.81. The highest BCUT2D eigenvalue weighted by Crippen LogP contribution is 2.23. The maximum Gasteiger partial charge on any atom is 0.223 e. The Morgan fingerprint density at radius 3 is 2.50 bits per heavy atom. The monoisotopic (exact) mass is 274 g/mol. The van der Waals surface area contributed by atoms with Crippen molar-refractivity contribution in [1.29, 1.82) is 0 Å². The van der Waals surface area contributed by atoms with E-state index in [2.05, 4.69) is 51.2 Å². The van der Waals surface area contributed by atoms with Gasteiger partial charge in [0.25, 0.3) is 0 Å². The molecule has 3 nitrogen and oxygen atoms in total. The summed E-state index contributed by atoms with van der Waals surface area (Å²) in [6.45, 7) is 10.2. The van der Waals surface area contributed by atoms with Crippen molar-refractivity contribution in [2.75, 3.05) is 13.1 Å². The first-order chi connectivity index (χ1) is 9.47. The molecule has 1 aromatic rings. The molecule has 0 unspecified atom stereocenters. The van der Waals surface area contributed by atoms with Crippen molar-refractivity contribution in [3.8, 4) is 0 Å². The van der Waals surface area contributed by atoms with Gasteiger partial charge in [-0.15, -0.1) is 0 Å². The van der Waals surface area contributed by atoms with E-state index < -0.39 is 0 Å². The summed E-state index contributed by atoms with van der Waals surface area (Å²) < 4.78 is 0. The second-order valence-electron chi connectivity index (χ2n) is 6.23. The van der Waals surface area contributed by atoms with Gasteiger partial charge in [0, 0.05) is 31.6 Å². The highest BCUT2D eigenvalue weighted by molar-refractivity contribution is 5.77. The van der Waals surface area contributed by atoms with E-state index in [0.717, 1.165) is 13.1 Å². The minimum Gasteiger partial charge on any atom is -0.340 e. The molecule has 2 rings (SSSR count). The van der Waals surface area contributed by atoms with Gasteiger partial charge in [0.15, 0.2) is 0 Å². The number of rotatable bonds is 3. The summed E-state index contributed by atoms with van der Waals surface area (Å²) >= 11 is 0. The van der Waals surface area contributed by atoms with Gasteiger partial charge < -0.3 is 10.2 Å². The van der Waals surface area contributed by atoms with E-state index in [4.69, 9.17) is 0 Å². The van der Waals surface area contributed by atoms with Gasteiger partial charge in [-0.05, 0) is 37.8 Å². The smallest absolute Gasteiger partial charge is 0.223 e. The van der Waals surface area contributed by atoms with Crippen molar-refractivity contribution in [2.24, 2.45) is 0 Å². The van der Waals surface area contributed by atoms with Crippen LogP contribution in [-0.4, -0.2) is 36.0 Å². The largest absolute Gasteiger partial charge is 0.340 e. The molecule has 3 atom stereocenters. The highest BCUT2D eigenvalue weighted by atomic mass is 16.2. The van der Waals surface area contributed by atoms with E-state index in [-0.39, 0.29) is 11.8 Å². The molecular formula is C17H26N2O. The second kappa shape index (κ2) is 6.40. The summed E-state index contributed by atoms with van der Waals surface area (Å²) in [4.78, 5) is 14.5. The van der Waals surface area contributed by atoms with Crippen LogP contribution in [0.4, 0.5) is 0 Å². The molecule has 0 aromatic heterocycles. The zero-order chi connectivity index (χ0) is 14.7. The van der Waals surface area contributed by atoms with Crippen molar-refractivity contribution >= 4 is 5.91 Å². The van der Waals surface area contributed by atoms with Crippen LogP contribution >= 0.6 is 0 Å². The number of aryl methyl sites for hydroxylation is 1. The van der Waals surface area contributed by atoms with Gasteiger partial charge in [0.05, 0.1) is 0 Å². The maximum atomic E-state index is 12.5. The van der Waals surface area contributed by atoms with E-state index >= 15 is 0 Å². The van der Waals surface area contributed by atoms with Gasteiger partial charge in [0.2, 0.25) is 5.91 Å². The van der Waals surface area contributed by atoms with E-state index in [1.807, 2.05) is 11.0 Å². The highest BCUT2D eigenvalue weighted by Gasteiger charge is 2.25.